The molecule has 1 aromatic heterocycles. The summed E-state index contributed by atoms with van der Waals surface area (Å²) in [6.45, 7) is 1.75. The molecule has 0 N–H and O–H groups in total. The van der Waals surface area contributed by atoms with Crippen molar-refractivity contribution in [1.82, 2.24) is 9.55 Å². The highest BCUT2D eigenvalue weighted by atomic mass is 32.2. The zero-order valence-corrected chi connectivity index (χ0v) is 17.1. The van der Waals surface area contributed by atoms with Crippen molar-refractivity contribution in [2.24, 2.45) is 0 Å². The van der Waals surface area contributed by atoms with Crippen LogP contribution in [-0.2, 0) is 20.5 Å². The predicted molar refractivity (Wildman–Crippen MR) is 109 cm³/mol. The Morgan fingerprint density at radius 2 is 1.87 bits per heavy atom. The molecule has 2 aromatic carbocycles. The van der Waals surface area contributed by atoms with Crippen LogP contribution in [0.4, 0.5) is 13.2 Å². The van der Waals surface area contributed by atoms with Crippen LogP contribution in [0.25, 0.3) is 16.6 Å². The van der Waals surface area contributed by atoms with Crippen molar-refractivity contribution in [2.45, 2.75) is 24.7 Å². The molecule has 0 aliphatic rings. The standard InChI is InChI=1S/C21H17F3N2O4S/c1-2-30-18(28)11-15(27)12-31-20-25-17-9-4-3-8-16(17)19(29)26(20)14-7-5-6-13(10-14)21(22,23)24/h3-10H,2,11-12H2,1H3. The maximum absolute atomic E-state index is 13.2. The van der Waals surface area contributed by atoms with Gasteiger partial charge in [0.15, 0.2) is 10.9 Å². The zero-order chi connectivity index (χ0) is 22.6. The van der Waals surface area contributed by atoms with Gasteiger partial charge in [-0.3, -0.25) is 19.0 Å². The Balaban J connectivity index is 2.04. The Labute approximate surface area is 179 Å². The van der Waals surface area contributed by atoms with Crippen LogP contribution in [0.3, 0.4) is 0 Å². The van der Waals surface area contributed by atoms with E-state index in [-0.39, 0.29) is 28.6 Å². The Kier molecular flexibility index (Phi) is 6.79. The summed E-state index contributed by atoms with van der Waals surface area (Å²) < 4.78 is 45.3. The number of hydrogen-bond donors (Lipinski definition) is 0. The third-order valence-corrected chi connectivity index (χ3v) is 5.18. The number of ether oxygens (including phenoxy) is 1. The molecule has 10 heteroatoms. The molecule has 0 aliphatic carbocycles. The third kappa shape index (κ3) is 5.32. The van der Waals surface area contributed by atoms with Crippen LogP contribution in [0.15, 0.2) is 58.5 Å². The predicted octanol–water partition coefficient (Wildman–Crippen LogP) is 4.02. The fourth-order valence-corrected chi connectivity index (χ4v) is 3.70. The molecule has 31 heavy (non-hydrogen) atoms. The lowest BCUT2D eigenvalue weighted by Gasteiger charge is -2.15. The molecule has 6 nitrogen and oxygen atoms in total. The van der Waals surface area contributed by atoms with E-state index in [0.29, 0.717) is 5.52 Å². The summed E-state index contributed by atoms with van der Waals surface area (Å²) in [5.41, 5.74) is -1.17. The van der Waals surface area contributed by atoms with E-state index in [1.165, 1.54) is 18.2 Å². The summed E-state index contributed by atoms with van der Waals surface area (Å²) in [5.74, 6) is -1.33. The third-order valence-electron chi connectivity index (χ3n) is 4.19. The number of nitrogens with zero attached hydrogens (tertiary/aromatic N) is 2. The molecule has 0 fully saturated rings. The van der Waals surface area contributed by atoms with Gasteiger partial charge in [0.2, 0.25) is 0 Å². The number of para-hydroxylation sites is 1. The van der Waals surface area contributed by atoms with Crippen LogP contribution in [0, 0.1) is 0 Å². The van der Waals surface area contributed by atoms with Crippen LogP contribution < -0.4 is 5.56 Å². The number of carbonyl (C=O) groups is 2. The largest absolute Gasteiger partial charge is 0.466 e. The first-order valence-corrected chi connectivity index (χ1v) is 10.2. The van der Waals surface area contributed by atoms with Crippen molar-refractivity contribution in [3.05, 3.63) is 64.4 Å². The molecule has 0 amide bonds. The topological polar surface area (TPSA) is 78.3 Å². The number of esters is 1. The van der Waals surface area contributed by atoms with Gasteiger partial charge in [-0.05, 0) is 37.3 Å². The van der Waals surface area contributed by atoms with Crippen molar-refractivity contribution < 1.29 is 27.5 Å². The van der Waals surface area contributed by atoms with Crippen LogP contribution in [0.1, 0.15) is 18.9 Å². The number of benzene rings is 2. The van der Waals surface area contributed by atoms with Gasteiger partial charge in [-0.2, -0.15) is 13.2 Å². The quantitative estimate of drug-likeness (QED) is 0.234. The minimum atomic E-state index is -4.59. The number of hydrogen-bond acceptors (Lipinski definition) is 6. The van der Waals surface area contributed by atoms with Gasteiger partial charge >= 0.3 is 12.1 Å². The van der Waals surface area contributed by atoms with E-state index in [1.807, 2.05) is 0 Å². The Bertz CT molecular complexity index is 1190. The van der Waals surface area contributed by atoms with Crippen molar-refractivity contribution in [1.29, 1.82) is 0 Å². The SMILES string of the molecule is CCOC(=O)CC(=O)CSc1nc2ccccc2c(=O)n1-c1cccc(C(F)(F)F)c1. The first kappa shape index (κ1) is 22.5. The minimum Gasteiger partial charge on any atom is -0.466 e. The van der Waals surface area contributed by atoms with E-state index in [4.69, 9.17) is 4.74 Å². The molecular formula is C21H17F3N2O4S. The lowest BCUT2D eigenvalue weighted by molar-refractivity contribution is -0.145. The fourth-order valence-electron chi connectivity index (χ4n) is 2.83. The van der Waals surface area contributed by atoms with Gasteiger partial charge in [0, 0.05) is 0 Å². The van der Waals surface area contributed by atoms with Crippen molar-refractivity contribution in [2.75, 3.05) is 12.4 Å². The summed E-state index contributed by atoms with van der Waals surface area (Å²) in [7, 11) is 0. The summed E-state index contributed by atoms with van der Waals surface area (Å²) in [4.78, 5) is 41.0. The molecule has 3 aromatic rings. The molecule has 0 spiro atoms. The van der Waals surface area contributed by atoms with Gasteiger partial charge in [-0.25, -0.2) is 4.98 Å². The van der Waals surface area contributed by atoms with Crippen LogP contribution in [0.2, 0.25) is 0 Å². The first-order chi connectivity index (χ1) is 14.7. The van der Waals surface area contributed by atoms with Gasteiger partial charge in [-0.1, -0.05) is 30.0 Å². The number of rotatable bonds is 7. The average Bonchev–Trinajstić information content (AvgIpc) is 2.72. The highest BCUT2D eigenvalue weighted by Gasteiger charge is 2.31. The Morgan fingerprint density at radius 1 is 1.13 bits per heavy atom. The van der Waals surface area contributed by atoms with E-state index in [9.17, 15) is 27.6 Å². The first-order valence-electron chi connectivity index (χ1n) is 9.20. The molecule has 0 bridgehead atoms. The highest BCUT2D eigenvalue weighted by molar-refractivity contribution is 7.99. The second-order valence-electron chi connectivity index (χ2n) is 6.41. The lowest BCUT2D eigenvalue weighted by atomic mass is 10.2. The maximum atomic E-state index is 13.2. The van der Waals surface area contributed by atoms with Crippen LogP contribution >= 0.6 is 11.8 Å². The fraction of sp³-hybridized carbons (Fsp3) is 0.238. The molecule has 0 radical (unpaired) electrons. The Hall–Kier alpha value is -3.14. The number of halogens is 3. The highest BCUT2D eigenvalue weighted by Crippen LogP contribution is 2.31. The van der Waals surface area contributed by atoms with Gasteiger partial charge in [0.1, 0.15) is 6.42 Å². The van der Waals surface area contributed by atoms with Crippen molar-refractivity contribution in [3.63, 3.8) is 0 Å². The van der Waals surface area contributed by atoms with E-state index in [0.717, 1.165) is 28.5 Å². The molecule has 162 valence electrons. The van der Waals surface area contributed by atoms with E-state index >= 15 is 0 Å². The number of alkyl halides is 3. The van der Waals surface area contributed by atoms with E-state index < -0.39 is 35.5 Å². The maximum Gasteiger partial charge on any atom is 0.416 e. The number of Topliss-reactive ketones (excluding diaryl/α,β-unsaturated/α-hetero) is 1. The van der Waals surface area contributed by atoms with Crippen LogP contribution in [-0.4, -0.2) is 33.7 Å². The van der Waals surface area contributed by atoms with Crippen molar-refractivity contribution in [3.8, 4) is 5.69 Å². The normalized spacial score (nSPS) is 11.5. The van der Waals surface area contributed by atoms with Gasteiger partial charge in [-0.15, -0.1) is 0 Å². The summed E-state index contributed by atoms with van der Waals surface area (Å²) >= 11 is 0.866. The zero-order valence-electron chi connectivity index (χ0n) is 16.3. The lowest BCUT2D eigenvalue weighted by Crippen LogP contribution is -2.23. The molecule has 0 unspecified atom stereocenters. The van der Waals surface area contributed by atoms with Gasteiger partial charge < -0.3 is 4.74 Å². The van der Waals surface area contributed by atoms with Gasteiger partial charge in [0.25, 0.3) is 5.56 Å². The van der Waals surface area contributed by atoms with Crippen molar-refractivity contribution >= 4 is 34.4 Å². The minimum absolute atomic E-state index is 0.0292. The van der Waals surface area contributed by atoms with Crippen LogP contribution in [0.5, 0.6) is 0 Å². The molecule has 1 heterocycles. The number of fused-ring (bicyclic) bond motifs is 1. The average molecular weight is 450 g/mol. The number of ketones is 1. The van der Waals surface area contributed by atoms with E-state index in [1.54, 1.807) is 25.1 Å². The summed E-state index contributed by atoms with van der Waals surface area (Å²) in [5, 5.41) is 0.266. The molecule has 0 atom stereocenters. The molecular weight excluding hydrogens is 433 g/mol. The summed E-state index contributed by atoms with van der Waals surface area (Å²) in [6.07, 6.45) is -5.03. The smallest absolute Gasteiger partial charge is 0.416 e. The summed E-state index contributed by atoms with van der Waals surface area (Å²) in [6, 6.07) is 10.7. The molecule has 0 saturated carbocycles. The molecule has 3 rings (SSSR count). The van der Waals surface area contributed by atoms with Gasteiger partial charge in [0.05, 0.1) is 34.5 Å². The molecule has 0 saturated heterocycles. The number of thioether (sulfide) groups is 1. The monoisotopic (exact) mass is 450 g/mol. The number of aromatic nitrogens is 2. The molecule has 0 aliphatic heterocycles. The second-order valence-corrected chi connectivity index (χ2v) is 7.35. The Morgan fingerprint density at radius 3 is 2.58 bits per heavy atom. The number of carbonyl (C=O) groups excluding carboxylic acids is 2. The van der Waals surface area contributed by atoms with E-state index in [2.05, 4.69) is 4.98 Å². The second kappa shape index (κ2) is 9.34.